The maximum absolute atomic E-state index is 13.4. The van der Waals surface area contributed by atoms with Gasteiger partial charge in [0.1, 0.15) is 12.2 Å². The third-order valence-corrected chi connectivity index (χ3v) is 5.45. The average Bonchev–Trinajstić information content (AvgIpc) is 3.03. The van der Waals surface area contributed by atoms with E-state index in [4.69, 9.17) is 26.4 Å². The number of esters is 1. The molecule has 0 aliphatic carbocycles. The van der Waals surface area contributed by atoms with Gasteiger partial charge in [0.2, 0.25) is 0 Å². The fraction of sp³-hybridized carbons (Fsp3) is 0.292. The molecule has 0 spiro atoms. The molecule has 1 amide bonds. The summed E-state index contributed by atoms with van der Waals surface area (Å²) in [7, 11) is 2.85. The van der Waals surface area contributed by atoms with E-state index in [0.717, 1.165) is 12.0 Å². The summed E-state index contributed by atoms with van der Waals surface area (Å²) in [5.74, 6) is 0.324. The summed E-state index contributed by atoms with van der Waals surface area (Å²) in [6.07, 6.45) is 2.56. The van der Waals surface area contributed by atoms with Gasteiger partial charge in [0.25, 0.3) is 5.91 Å². The minimum atomic E-state index is -0.501. The first-order chi connectivity index (χ1) is 15.4. The maximum atomic E-state index is 13.4. The number of thiocarbonyl (C=S) groups is 1. The van der Waals surface area contributed by atoms with Crippen molar-refractivity contribution in [3.8, 4) is 11.5 Å². The van der Waals surface area contributed by atoms with E-state index in [-0.39, 0.29) is 23.3 Å². The van der Waals surface area contributed by atoms with Crippen LogP contribution in [0.2, 0.25) is 0 Å². The maximum Gasteiger partial charge on any atom is 0.325 e. The Balaban J connectivity index is 2.03. The number of aryl methyl sites for hydroxylation is 1. The van der Waals surface area contributed by atoms with Crippen LogP contribution in [0.1, 0.15) is 25.0 Å². The summed E-state index contributed by atoms with van der Waals surface area (Å²) in [4.78, 5) is 28.4. The summed E-state index contributed by atoms with van der Waals surface area (Å²) in [6.45, 7) is 4.28. The second-order valence-corrected chi connectivity index (χ2v) is 7.34. The first kappa shape index (κ1) is 23.3. The molecule has 0 unspecified atom stereocenters. The third kappa shape index (κ3) is 4.75. The molecule has 168 valence electrons. The van der Waals surface area contributed by atoms with Gasteiger partial charge in [-0.25, -0.2) is 0 Å². The molecule has 2 aromatic carbocycles. The van der Waals surface area contributed by atoms with Crippen LogP contribution in [-0.2, 0) is 20.7 Å². The van der Waals surface area contributed by atoms with Gasteiger partial charge in [-0.2, -0.15) is 0 Å². The van der Waals surface area contributed by atoms with E-state index < -0.39 is 5.97 Å². The second kappa shape index (κ2) is 10.3. The lowest BCUT2D eigenvalue weighted by Crippen LogP contribution is -2.35. The van der Waals surface area contributed by atoms with Crippen molar-refractivity contribution in [3.63, 3.8) is 0 Å². The smallest absolute Gasteiger partial charge is 0.325 e. The Hall–Kier alpha value is -3.39. The summed E-state index contributed by atoms with van der Waals surface area (Å²) in [6, 6.07) is 13.0. The molecular weight excluding hydrogens is 428 g/mol. The zero-order valence-corrected chi connectivity index (χ0v) is 19.4. The van der Waals surface area contributed by atoms with Crippen LogP contribution in [0.15, 0.2) is 48.2 Å². The zero-order chi connectivity index (χ0) is 23.3. The van der Waals surface area contributed by atoms with Gasteiger partial charge in [-0.1, -0.05) is 25.1 Å². The average molecular weight is 455 g/mol. The van der Waals surface area contributed by atoms with Crippen LogP contribution in [0.25, 0.3) is 6.08 Å². The molecule has 7 nitrogen and oxygen atoms in total. The van der Waals surface area contributed by atoms with Crippen LogP contribution in [0.5, 0.6) is 11.5 Å². The minimum absolute atomic E-state index is 0.176. The molecule has 1 fully saturated rings. The van der Waals surface area contributed by atoms with Crippen LogP contribution in [0, 0.1) is 0 Å². The van der Waals surface area contributed by atoms with Gasteiger partial charge in [-0.15, -0.1) is 0 Å². The quantitative estimate of drug-likeness (QED) is 0.341. The van der Waals surface area contributed by atoms with E-state index in [1.807, 2.05) is 37.3 Å². The number of anilines is 1. The molecule has 0 radical (unpaired) electrons. The Kier molecular flexibility index (Phi) is 7.48. The molecule has 8 heteroatoms. The molecule has 0 saturated carbocycles. The van der Waals surface area contributed by atoms with Gasteiger partial charge in [-0.05, 0) is 67.0 Å². The van der Waals surface area contributed by atoms with Crippen LogP contribution in [-0.4, -0.2) is 49.3 Å². The molecule has 32 heavy (non-hydrogen) atoms. The number of methoxy groups -OCH3 is 2. The topological polar surface area (TPSA) is 68.3 Å². The highest BCUT2D eigenvalue weighted by Crippen LogP contribution is 2.32. The van der Waals surface area contributed by atoms with Crippen LogP contribution in [0.4, 0.5) is 5.69 Å². The highest BCUT2D eigenvalue weighted by atomic mass is 32.1. The standard InChI is InChI=1S/C24H26N2O5S/c1-5-16-7-10-18(11-8-16)26-23(28)19(25(24(26)32)15-22(27)30-4)13-17-9-12-20(31-6-2)21(14-17)29-3/h7-14H,5-6,15H2,1-4H3/b19-13-. The number of rotatable bonds is 8. The summed E-state index contributed by atoms with van der Waals surface area (Å²) in [5, 5.41) is 0.216. The molecule has 1 aliphatic rings. The first-order valence-corrected chi connectivity index (χ1v) is 10.7. The minimum Gasteiger partial charge on any atom is -0.493 e. The van der Waals surface area contributed by atoms with Gasteiger partial charge >= 0.3 is 5.97 Å². The van der Waals surface area contributed by atoms with Crippen molar-refractivity contribution in [1.82, 2.24) is 4.90 Å². The zero-order valence-electron chi connectivity index (χ0n) is 18.6. The highest BCUT2D eigenvalue weighted by molar-refractivity contribution is 7.80. The van der Waals surface area contributed by atoms with E-state index >= 15 is 0 Å². The Bertz CT molecular complexity index is 1050. The van der Waals surface area contributed by atoms with Crippen molar-refractivity contribution >= 4 is 41.0 Å². The van der Waals surface area contributed by atoms with Crippen molar-refractivity contribution < 1.29 is 23.8 Å². The lowest BCUT2D eigenvalue weighted by molar-refractivity contribution is -0.140. The largest absolute Gasteiger partial charge is 0.493 e. The van der Waals surface area contributed by atoms with Gasteiger partial charge in [0.05, 0.1) is 26.5 Å². The van der Waals surface area contributed by atoms with E-state index in [0.29, 0.717) is 29.4 Å². The van der Waals surface area contributed by atoms with Crippen molar-refractivity contribution in [3.05, 3.63) is 59.3 Å². The van der Waals surface area contributed by atoms with Crippen molar-refractivity contribution in [2.75, 3.05) is 32.3 Å². The number of hydrogen-bond donors (Lipinski definition) is 0. The molecule has 0 atom stereocenters. The van der Waals surface area contributed by atoms with Gasteiger partial charge in [-0.3, -0.25) is 14.5 Å². The molecule has 1 aliphatic heterocycles. The fourth-order valence-electron chi connectivity index (χ4n) is 3.34. The number of carbonyl (C=O) groups is 2. The van der Waals surface area contributed by atoms with E-state index in [1.54, 1.807) is 25.3 Å². The van der Waals surface area contributed by atoms with Crippen LogP contribution >= 0.6 is 12.2 Å². The number of nitrogens with zero attached hydrogens (tertiary/aromatic N) is 2. The van der Waals surface area contributed by atoms with Crippen LogP contribution in [0.3, 0.4) is 0 Å². The van der Waals surface area contributed by atoms with Gasteiger partial charge in [0, 0.05) is 0 Å². The van der Waals surface area contributed by atoms with Crippen molar-refractivity contribution in [2.45, 2.75) is 20.3 Å². The molecule has 3 rings (SSSR count). The molecule has 0 aromatic heterocycles. The molecule has 0 N–H and O–H groups in total. The number of benzene rings is 2. The Morgan fingerprint density at radius 1 is 1.06 bits per heavy atom. The Morgan fingerprint density at radius 3 is 2.38 bits per heavy atom. The van der Waals surface area contributed by atoms with E-state index in [2.05, 4.69) is 6.92 Å². The monoisotopic (exact) mass is 454 g/mol. The fourth-order valence-corrected chi connectivity index (χ4v) is 3.69. The Morgan fingerprint density at radius 2 is 1.78 bits per heavy atom. The molecular formula is C24H26N2O5S. The van der Waals surface area contributed by atoms with E-state index in [9.17, 15) is 9.59 Å². The van der Waals surface area contributed by atoms with Crippen molar-refractivity contribution in [1.29, 1.82) is 0 Å². The van der Waals surface area contributed by atoms with E-state index in [1.165, 1.54) is 16.9 Å². The number of carbonyl (C=O) groups excluding carboxylic acids is 2. The highest BCUT2D eigenvalue weighted by Gasteiger charge is 2.40. The Labute approximate surface area is 193 Å². The van der Waals surface area contributed by atoms with Crippen molar-refractivity contribution in [2.24, 2.45) is 0 Å². The SMILES string of the molecule is CCOc1ccc(/C=C2/C(=O)N(c3ccc(CC)cc3)C(=S)N2CC(=O)OC)cc1OC. The summed E-state index contributed by atoms with van der Waals surface area (Å²) < 4.78 is 15.8. The van der Waals surface area contributed by atoms with Crippen LogP contribution < -0.4 is 14.4 Å². The van der Waals surface area contributed by atoms with Gasteiger partial charge in [0.15, 0.2) is 16.6 Å². The molecule has 1 saturated heterocycles. The molecule has 1 heterocycles. The first-order valence-electron chi connectivity index (χ1n) is 10.3. The van der Waals surface area contributed by atoms with Gasteiger partial charge < -0.3 is 19.1 Å². The number of amides is 1. The number of ether oxygens (including phenoxy) is 3. The normalized spacial score (nSPS) is 14.8. The predicted molar refractivity (Wildman–Crippen MR) is 127 cm³/mol. The number of hydrogen-bond acceptors (Lipinski definition) is 6. The summed E-state index contributed by atoms with van der Waals surface area (Å²) >= 11 is 5.58. The lowest BCUT2D eigenvalue weighted by Gasteiger charge is -2.19. The predicted octanol–water partition coefficient (Wildman–Crippen LogP) is 3.80. The lowest BCUT2D eigenvalue weighted by atomic mass is 10.1. The summed E-state index contributed by atoms with van der Waals surface area (Å²) in [5.41, 5.74) is 2.76. The molecule has 2 aromatic rings. The molecule has 0 bridgehead atoms. The third-order valence-electron chi connectivity index (χ3n) is 5.04. The second-order valence-electron chi connectivity index (χ2n) is 6.98.